The van der Waals surface area contributed by atoms with Crippen molar-refractivity contribution in [1.82, 2.24) is 14.5 Å². The number of amides is 1. The maximum atomic E-state index is 12.4. The molecule has 5 nitrogen and oxygen atoms in total. The lowest BCUT2D eigenvalue weighted by Gasteiger charge is -2.35. The van der Waals surface area contributed by atoms with Crippen LogP contribution in [0.1, 0.15) is 25.7 Å². The average Bonchev–Trinajstić information content (AvgIpc) is 2.96. The van der Waals surface area contributed by atoms with Crippen molar-refractivity contribution in [3.63, 3.8) is 0 Å². The highest BCUT2D eigenvalue weighted by Crippen LogP contribution is 2.18. The average molecular weight is 286 g/mol. The Hall–Kier alpha value is -1.88. The minimum Gasteiger partial charge on any atom is -0.338 e. The molecule has 1 amide bonds. The molecule has 0 saturated carbocycles. The van der Waals surface area contributed by atoms with Crippen LogP contribution in [0.2, 0.25) is 0 Å². The lowest BCUT2D eigenvalue weighted by atomic mass is 10.0. The van der Waals surface area contributed by atoms with Gasteiger partial charge in [0.1, 0.15) is 0 Å². The summed E-state index contributed by atoms with van der Waals surface area (Å²) < 4.78 is 2.05. The summed E-state index contributed by atoms with van der Waals surface area (Å²) in [5.41, 5.74) is 7.84. The predicted octanol–water partition coefficient (Wildman–Crippen LogP) is 1.77. The lowest BCUT2D eigenvalue weighted by Crippen LogP contribution is -2.47. The summed E-state index contributed by atoms with van der Waals surface area (Å²) in [6, 6.07) is 8.23. The van der Waals surface area contributed by atoms with Gasteiger partial charge in [-0.2, -0.15) is 0 Å². The molecule has 0 radical (unpaired) electrons. The highest BCUT2D eigenvalue weighted by Gasteiger charge is 2.25. The molecule has 1 atom stereocenters. The molecule has 1 saturated heterocycles. The van der Waals surface area contributed by atoms with Crippen molar-refractivity contribution >= 4 is 16.9 Å². The first kappa shape index (κ1) is 14.1. The van der Waals surface area contributed by atoms with Gasteiger partial charge in [-0.25, -0.2) is 4.98 Å². The highest BCUT2D eigenvalue weighted by molar-refractivity contribution is 5.78. The lowest BCUT2D eigenvalue weighted by molar-refractivity contribution is -0.134. The van der Waals surface area contributed by atoms with Crippen molar-refractivity contribution in [3.05, 3.63) is 30.6 Å². The first-order valence-corrected chi connectivity index (χ1v) is 7.69. The SMILES string of the molecule is NCC1CCCCN1C(=O)CCn1cnc2ccccc21. The van der Waals surface area contributed by atoms with E-state index < -0.39 is 0 Å². The summed E-state index contributed by atoms with van der Waals surface area (Å²) in [7, 11) is 0. The quantitative estimate of drug-likeness (QED) is 0.931. The number of nitrogens with two attached hydrogens (primary N) is 1. The van der Waals surface area contributed by atoms with E-state index in [1.54, 1.807) is 0 Å². The number of imidazole rings is 1. The molecule has 2 heterocycles. The second-order valence-corrected chi connectivity index (χ2v) is 5.65. The third-order valence-corrected chi connectivity index (χ3v) is 4.31. The van der Waals surface area contributed by atoms with E-state index in [1.807, 2.05) is 35.5 Å². The second kappa shape index (κ2) is 6.26. The smallest absolute Gasteiger partial charge is 0.224 e. The summed E-state index contributed by atoms with van der Waals surface area (Å²) in [5.74, 6) is 0.211. The molecule has 2 aromatic rings. The number of carbonyl (C=O) groups is 1. The molecular weight excluding hydrogens is 264 g/mol. The number of benzene rings is 1. The largest absolute Gasteiger partial charge is 0.338 e. The van der Waals surface area contributed by atoms with Crippen molar-refractivity contribution < 1.29 is 4.79 Å². The van der Waals surface area contributed by atoms with E-state index in [0.717, 1.165) is 30.4 Å². The summed E-state index contributed by atoms with van der Waals surface area (Å²) in [6.07, 6.45) is 5.63. The number of hydrogen-bond acceptors (Lipinski definition) is 3. The molecule has 112 valence electrons. The van der Waals surface area contributed by atoms with Crippen LogP contribution in [-0.2, 0) is 11.3 Å². The molecule has 2 N–H and O–H groups in total. The number of piperidine rings is 1. The Morgan fingerprint density at radius 3 is 3.05 bits per heavy atom. The van der Waals surface area contributed by atoms with Crippen LogP contribution in [0, 0.1) is 0 Å². The third kappa shape index (κ3) is 2.93. The van der Waals surface area contributed by atoms with Crippen molar-refractivity contribution in [2.45, 2.75) is 38.3 Å². The van der Waals surface area contributed by atoms with Crippen LogP contribution in [0.3, 0.4) is 0 Å². The number of aryl methyl sites for hydroxylation is 1. The van der Waals surface area contributed by atoms with E-state index in [0.29, 0.717) is 19.5 Å². The number of rotatable bonds is 4. The van der Waals surface area contributed by atoms with E-state index in [1.165, 1.54) is 6.42 Å². The molecule has 21 heavy (non-hydrogen) atoms. The van der Waals surface area contributed by atoms with Gasteiger partial charge in [-0.05, 0) is 31.4 Å². The molecule has 0 aliphatic carbocycles. The van der Waals surface area contributed by atoms with Gasteiger partial charge in [0, 0.05) is 32.1 Å². The number of fused-ring (bicyclic) bond motifs is 1. The number of aromatic nitrogens is 2. The van der Waals surface area contributed by atoms with Crippen molar-refractivity contribution in [1.29, 1.82) is 0 Å². The molecule has 0 spiro atoms. The molecule has 1 aliphatic rings. The van der Waals surface area contributed by atoms with Crippen LogP contribution < -0.4 is 5.73 Å². The molecule has 1 aromatic heterocycles. The zero-order valence-corrected chi connectivity index (χ0v) is 12.2. The van der Waals surface area contributed by atoms with E-state index in [-0.39, 0.29) is 11.9 Å². The molecule has 0 bridgehead atoms. The number of carbonyl (C=O) groups excluding carboxylic acids is 1. The number of para-hydroxylation sites is 2. The van der Waals surface area contributed by atoms with Crippen LogP contribution in [0.15, 0.2) is 30.6 Å². The fourth-order valence-electron chi connectivity index (χ4n) is 3.12. The normalized spacial score (nSPS) is 19.1. The fraction of sp³-hybridized carbons (Fsp3) is 0.500. The Morgan fingerprint density at radius 1 is 1.33 bits per heavy atom. The molecular formula is C16H22N4O. The molecule has 1 unspecified atom stereocenters. The topological polar surface area (TPSA) is 64.2 Å². The number of likely N-dealkylation sites (tertiary alicyclic amines) is 1. The summed E-state index contributed by atoms with van der Waals surface area (Å²) in [6.45, 7) is 2.10. The molecule has 3 rings (SSSR count). The van der Waals surface area contributed by atoms with E-state index in [4.69, 9.17) is 5.73 Å². The van der Waals surface area contributed by atoms with Crippen molar-refractivity contribution in [2.75, 3.05) is 13.1 Å². The maximum Gasteiger partial charge on any atom is 0.224 e. The van der Waals surface area contributed by atoms with Gasteiger partial charge in [0.2, 0.25) is 5.91 Å². The zero-order valence-electron chi connectivity index (χ0n) is 12.2. The fourth-order valence-corrected chi connectivity index (χ4v) is 3.12. The van der Waals surface area contributed by atoms with Gasteiger partial charge in [0.25, 0.3) is 0 Å². The molecule has 1 aliphatic heterocycles. The third-order valence-electron chi connectivity index (χ3n) is 4.31. The number of hydrogen-bond donors (Lipinski definition) is 1. The van der Waals surface area contributed by atoms with Crippen LogP contribution in [0.5, 0.6) is 0 Å². The van der Waals surface area contributed by atoms with Gasteiger partial charge in [0.05, 0.1) is 17.4 Å². The van der Waals surface area contributed by atoms with Crippen LogP contribution in [0.25, 0.3) is 11.0 Å². The van der Waals surface area contributed by atoms with Gasteiger partial charge in [0.15, 0.2) is 0 Å². The van der Waals surface area contributed by atoms with E-state index in [9.17, 15) is 4.79 Å². The van der Waals surface area contributed by atoms with Crippen LogP contribution in [-0.4, -0.2) is 39.5 Å². The minimum atomic E-state index is 0.211. The summed E-state index contributed by atoms with van der Waals surface area (Å²) in [5, 5.41) is 0. The first-order valence-electron chi connectivity index (χ1n) is 7.69. The minimum absolute atomic E-state index is 0.211. The van der Waals surface area contributed by atoms with E-state index in [2.05, 4.69) is 9.55 Å². The molecule has 1 aromatic carbocycles. The van der Waals surface area contributed by atoms with Crippen molar-refractivity contribution in [3.8, 4) is 0 Å². The standard InChI is InChI=1S/C16H22N4O/c17-11-13-5-3-4-9-20(13)16(21)8-10-19-12-18-14-6-1-2-7-15(14)19/h1-2,6-7,12-13H,3-5,8-11,17H2. The van der Waals surface area contributed by atoms with Crippen LogP contribution >= 0.6 is 0 Å². The van der Waals surface area contributed by atoms with Crippen LogP contribution in [0.4, 0.5) is 0 Å². The Labute approximate surface area is 124 Å². The first-order chi connectivity index (χ1) is 10.3. The molecule has 5 heteroatoms. The predicted molar refractivity (Wildman–Crippen MR) is 82.8 cm³/mol. The van der Waals surface area contributed by atoms with Gasteiger partial charge in [-0.3, -0.25) is 4.79 Å². The Kier molecular flexibility index (Phi) is 4.20. The zero-order chi connectivity index (χ0) is 14.7. The Balaban J connectivity index is 1.65. The van der Waals surface area contributed by atoms with Gasteiger partial charge in [-0.1, -0.05) is 12.1 Å². The van der Waals surface area contributed by atoms with Crippen molar-refractivity contribution in [2.24, 2.45) is 5.73 Å². The van der Waals surface area contributed by atoms with E-state index >= 15 is 0 Å². The summed E-state index contributed by atoms with van der Waals surface area (Å²) >= 11 is 0. The summed E-state index contributed by atoms with van der Waals surface area (Å²) in [4.78, 5) is 18.8. The Bertz CT molecular complexity index is 622. The van der Waals surface area contributed by atoms with Gasteiger partial charge >= 0.3 is 0 Å². The van der Waals surface area contributed by atoms with Gasteiger partial charge < -0.3 is 15.2 Å². The molecule has 1 fully saturated rings. The van der Waals surface area contributed by atoms with Gasteiger partial charge in [-0.15, -0.1) is 0 Å². The second-order valence-electron chi connectivity index (χ2n) is 5.65. The maximum absolute atomic E-state index is 12.4. The monoisotopic (exact) mass is 286 g/mol. The number of nitrogens with zero attached hydrogens (tertiary/aromatic N) is 3. The Morgan fingerprint density at radius 2 is 2.19 bits per heavy atom. The highest BCUT2D eigenvalue weighted by atomic mass is 16.2.